The summed E-state index contributed by atoms with van der Waals surface area (Å²) in [6.07, 6.45) is 0. The second-order valence-electron chi connectivity index (χ2n) is 3.25. The van der Waals surface area contributed by atoms with E-state index in [2.05, 4.69) is 4.72 Å². The fourth-order valence-electron chi connectivity index (χ4n) is 1.26. The molecule has 0 aromatic heterocycles. The van der Waals surface area contributed by atoms with E-state index in [9.17, 15) is 8.42 Å². The minimum absolute atomic E-state index is 0.224. The van der Waals surface area contributed by atoms with E-state index < -0.39 is 10.0 Å². The number of hydrogen-bond donors (Lipinski definition) is 1. The number of thiocarbonyl (C=S) groups is 1. The summed E-state index contributed by atoms with van der Waals surface area (Å²) >= 11 is 5.02. The molecule has 0 saturated heterocycles. The minimum atomic E-state index is -3.40. The van der Waals surface area contributed by atoms with Crippen molar-refractivity contribution >= 4 is 27.3 Å². The summed E-state index contributed by atoms with van der Waals surface area (Å²) in [6, 6.07) is 6.31. The topological polar surface area (TPSA) is 55.4 Å². The predicted molar refractivity (Wildman–Crippen MR) is 70.6 cm³/mol. The highest BCUT2D eigenvalue weighted by molar-refractivity contribution is 7.89. The van der Waals surface area contributed by atoms with E-state index in [0.717, 1.165) is 0 Å². The van der Waals surface area contributed by atoms with Crippen LogP contribution in [-0.2, 0) is 14.8 Å². The molecule has 0 amide bonds. The molecule has 1 N–H and O–H groups in total. The fraction of sp³-hybridized carbons (Fsp3) is 0.364. The average Bonchev–Trinajstić information content (AvgIpc) is 2.29. The van der Waals surface area contributed by atoms with Crippen molar-refractivity contribution in [3.63, 3.8) is 0 Å². The molecule has 0 aliphatic carbocycles. The summed E-state index contributed by atoms with van der Waals surface area (Å²) < 4.78 is 30.9. The minimum Gasteiger partial charge on any atom is -0.483 e. The van der Waals surface area contributed by atoms with Crippen molar-refractivity contribution in [2.75, 3.05) is 13.2 Å². The maximum Gasteiger partial charge on any atom is 0.240 e. The third kappa shape index (κ3) is 3.76. The molecule has 0 fully saturated rings. The summed E-state index contributed by atoms with van der Waals surface area (Å²) in [7, 11) is -3.40. The molecule has 4 nitrogen and oxygen atoms in total. The number of benzene rings is 1. The van der Waals surface area contributed by atoms with Crippen LogP contribution in [0.2, 0.25) is 0 Å². The third-order valence-electron chi connectivity index (χ3n) is 2.01. The van der Waals surface area contributed by atoms with Crippen LogP contribution in [0.15, 0.2) is 29.2 Å². The Morgan fingerprint density at radius 1 is 1.29 bits per heavy atom. The standard InChI is InChI=1S/C11H15NO3S2/c1-3-12-17(13,14)10-7-5-9(6-8-10)11(16)15-4-2/h5-8,12H,3-4H2,1-2H3. The normalized spacial score (nSPS) is 11.2. The Balaban J connectivity index is 2.92. The smallest absolute Gasteiger partial charge is 0.240 e. The van der Waals surface area contributed by atoms with Gasteiger partial charge in [0.15, 0.2) is 5.05 Å². The molecular formula is C11H15NO3S2. The molecule has 0 spiro atoms. The van der Waals surface area contributed by atoms with Crippen LogP contribution < -0.4 is 4.72 Å². The van der Waals surface area contributed by atoms with Gasteiger partial charge in [0.1, 0.15) is 0 Å². The summed E-state index contributed by atoms with van der Waals surface area (Å²) in [5, 5.41) is 0.375. The van der Waals surface area contributed by atoms with Crippen molar-refractivity contribution in [3.8, 4) is 0 Å². The van der Waals surface area contributed by atoms with Crippen LogP contribution in [0.25, 0.3) is 0 Å². The van der Waals surface area contributed by atoms with E-state index in [1.807, 2.05) is 6.92 Å². The van der Waals surface area contributed by atoms with Gasteiger partial charge >= 0.3 is 0 Å². The van der Waals surface area contributed by atoms with Gasteiger partial charge in [0.05, 0.1) is 11.5 Å². The van der Waals surface area contributed by atoms with Gasteiger partial charge in [0, 0.05) is 12.1 Å². The van der Waals surface area contributed by atoms with Gasteiger partial charge < -0.3 is 4.74 Å². The second-order valence-corrected chi connectivity index (χ2v) is 5.38. The zero-order valence-electron chi connectivity index (χ0n) is 9.76. The maximum atomic E-state index is 11.7. The van der Waals surface area contributed by atoms with Crippen LogP contribution in [-0.4, -0.2) is 26.6 Å². The molecule has 0 aliphatic rings. The zero-order chi connectivity index (χ0) is 12.9. The predicted octanol–water partition coefficient (Wildman–Crippen LogP) is 1.70. The van der Waals surface area contributed by atoms with Crippen LogP contribution >= 0.6 is 12.2 Å². The van der Waals surface area contributed by atoms with Gasteiger partial charge in [-0.3, -0.25) is 0 Å². The highest BCUT2D eigenvalue weighted by atomic mass is 32.2. The number of nitrogens with one attached hydrogen (secondary N) is 1. The number of hydrogen-bond acceptors (Lipinski definition) is 4. The van der Waals surface area contributed by atoms with Gasteiger partial charge in [0.25, 0.3) is 0 Å². The van der Waals surface area contributed by atoms with Gasteiger partial charge in [0.2, 0.25) is 10.0 Å². The molecule has 0 saturated carbocycles. The molecule has 0 heterocycles. The van der Waals surface area contributed by atoms with E-state index in [-0.39, 0.29) is 4.90 Å². The summed E-state index contributed by atoms with van der Waals surface area (Å²) in [4.78, 5) is 0.224. The van der Waals surface area contributed by atoms with Crippen LogP contribution in [0.1, 0.15) is 19.4 Å². The van der Waals surface area contributed by atoms with Crippen LogP contribution in [0, 0.1) is 0 Å². The number of sulfonamides is 1. The lowest BCUT2D eigenvalue weighted by Gasteiger charge is -2.07. The Bertz CT molecular complexity index is 480. The van der Waals surface area contributed by atoms with Crippen molar-refractivity contribution in [2.24, 2.45) is 0 Å². The molecule has 0 aliphatic heterocycles. The number of ether oxygens (including phenoxy) is 1. The Labute approximate surface area is 107 Å². The first-order chi connectivity index (χ1) is 8.01. The summed E-state index contributed by atoms with van der Waals surface area (Å²) in [5.41, 5.74) is 0.706. The first kappa shape index (κ1) is 14.1. The van der Waals surface area contributed by atoms with Crippen molar-refractivity contribution in [2.45, 2.75) is 18.7 Å². The van der Waals surface area contributed by atoms with E-state index in [0.29, 0.717) is 23.8 Å². The first-order valence-electron chi connectivity index (χ1n) is 5.28. The molecule has 0 radical (unpaired) electrons. The van der Waals surface area contributed by atoms with Gasteiger partial charge in [-0.25, -0.2) is 13.1 Å². The van der Waals surface area contributed by atoms with E-state index in [1.54, 1.807) is 19.1 Å². The maximum absolute atomic E-state index is 11.7. The lowest BCUT2D eigenvalue weighted by molar-refractivity contribution is 0.337. The molecule has 0 atom stereocenters. The summed E-state index contributed by atoms with van der Waals surface area (Å²) in [6.45, 7) is 4.43. The Hall–Kier alpha value is -0.980. The van der Waals surface area contributed by atoms with Gasteiger partial charge in [-0.05, 0) is 43.4 Å². The van der Waals surface area contributed by atoms with Gasteiger partial charge in [-0.15, -0.1) is 0 Å². The highest BCUT2D eigenvalue weighted by Crippen LogP contribution is 2.11. The van der Waals surface area contributed by atoms with E-state index in [4.69, 9.17) is 17.0 Å². The third-order valence-corrected chi connectivity index (χ3v) is 3.93. The van der Waals surface area contributed by atoms with Crippen LogP contribution in [0.3, 0.4) is 0 Å². The van der Waals surface area contributed by atoms with Crippen LogP contribution in [0.4, 0.5) is 0 Å². The van der Waals surface area contributed by atoms with E-state index >= 15 is 0 Å². The van der Waals surface area contributed by atoms with Crippen molar-refractivity contribution in [3.05, 3.63) is 29.8 Å². The second kappa shape index (κ2) is 6.09. The molecule has 17 heavy (non-hydrogen) atoms. The molecule has 0 unspecified atom stereocenters. The Kier molecular flexibility index (Phi) is 5.04. The first-order valence-corrected chi connectivity index (χ1v) is 7.17. The lowest BCUT2D eigenvalue weighted by atomic mass is 10.2. The molecule has 1 aromatic carbocycles. The molecule has 94 valence electrons. The molecule has 1 rings (SSSR count). The zero-order valence-corrected chi connectivity index (χ0v) is 11.4. The Morgan fingerprint density at radius 3 is 2.35 bits per heavy atom. The molecule has 0 bridgehead atoms. The van der Waals surface area contributed by atoms with Gasteiger partial charge in [-0.1, -0.05) is 6.92 Å². The Morgan fingerprint density at radius 2 is 1.88 bits per heavy atom. The van der Waals surface area contributed by atoms with Crippen LogP contribution in [0.5, 0.6) is 0 Å². The molecular weight excluding hydrogens is 258 g/mol. The van der Waals surface area contributed by atoms with Crippen molar-refractivity contribution < 1.29 is 13.2 Å². The van der Waals surface area contributed by atoms with Crippen molar-refractivity contribution in [1.29, 1.82) is 0 Å². The summed E-state index contributed by atoms with van der Waals surface area (Å²) in [5.74, 6) is 0. The highest BCUT2D eigenvalue weighted by Gasteiger charge is 2.12. The lowest BCUT2D eigenvalue weighted by Crippen LogP contribution is -2.23. The monoisotopic (exact) mass is 273 g/mol. The quantitative estimate of drug-likeness (QED) is 0.830. The molecule has 1 aromatic rings. The largest absolute Gasteiger partial charge is 0.483 e. The SMILES string of the molecule is CCNS(=O)(=O)c1ccc(C(=S)OCC)cc1. The average molecular weight is 273 g/mol. The fourth-order valence-corrected chi connectivity index (χ4v) is 2.55. The molecule has 6 heteroatoms. The van der Waals surface area contributed by atoms with E-state index in [1.165, 1.54) is 12.1 Å². The van der Waals surface area contributed by atoms with Crippen molar-refractivity contribution in [1.82, 2.24) is 4.72 Å². The van der Waals surface area contributed by atoms with Gasteiger partial charge in [-0.2, -0.15) is 0 Å². The number of rotatable bonds is 5.